The van der Waals surface area contributed by atoms with Crippen molar-refractivity contribution in [2.75, 3.05) is 27.1 Å². The standard InChI is InChI=1S/C14H16N2O4S2/c1-8(15-16-12(17)7-22-14(16)21)9-5-10(18-2)13(20-4)11(6-9)19-3/h5-6H,7H2,1-4H3/b15-8-. The summed E-state index contributed by atoms with van der Waals surface area (Å²) in [5.74, 6) is 1.75. The number of nitrogens with zero attached hydrogens (tertiary/aromatic N) is 2. The quantitative estimate of drug-likeness (QED) is 0.605. The van der Waals surface area contributed by atoms with E-state index in [4.69, 9.17) is 26.4 Å². The number of hydrazone groups is 1. The summed E-state index contributed by atoms with van der Waals surface area (Å²) >= 11 is 6.42. The molecule has 0 bridgehead atoms. The van der Waals surface area contributed by atoms with Gasteiger partial charge >= 0.3 is 0 Å². The minimum Gasteiger partial charge on any atom is -0.493 e. The molecule has 1 aliphatic rings. The molecule has 118 valence electrons. The molecule has 22 heavy (non-hydrogen) atoms. The molecule has 0 unspecified atom stereocenters. The lowest BCUT2D eigenvalue weighted by Gasteiger charge is -2.15. The largest absolute Gasteiger partial charge is 0.493 e. The number of carbonyl (C=O) groups is 1. The van der Waals surface area contributed by atoms with Gasteiger partial charge in [-0.1, -0.05) is 24.0 Å². The van der Waals surface area contributed by atoms with E-state index in [1.807, 2.05) is 0 Å². The van der Waals surface area contributed by atoms with Crippen molar-refractivity contribution in [3.05, 3.63) is 17.7 Å². The normalized spacial score (nSPS) is 15.3. The van der Waals surface area contributed by atoms with E-state index in [1.165, 1.54) is 16.8 Å². The van der Waals surface area contributed by atoms with E-state index in [0.29, 0.717) is 33.0 Å². The van der Waals surface area contributed by atoms with Gasteiger partial charge in [0.05, 0.1) is 32.8 Å². The van der Waals surface area contributed by atoms with Gasteiger partial charge in [-0.2, -0.15) is 10.1 Å². The molecule has 1 fully saturated rings. The highest BCUT2D eigenvalue weighted by Crippen LogP contribution is 2.38. The second-order valence-corrected chi connectivity index (χ2v) is 5.97. The highest BCUT2D eigenvalue weighted by Gasteiger charge is 2.27. The van der Waals surface area contributed by atoms with E-state index in [0.717, 1.165) is 5.56 Å². The molecule has 0 N–H and O–H groups in total. The summed E-state index contributed by atoms with van der Waals surface area (Å²) in [5.41, 5.74) is 1.37. The lowest BCUT2D eigenvalue weighted by atomic mass is 10.1. The topological polar surface area (TPSA) is 60.4 Å². The van der Waals surface area contributed by atoms with Gasteiger partial charge in [-0.05, 0) is 19.1 Å². The van der Waals surface area contributed by atoms with Crippen molar-refractivity contribution < 1.29 is 19.0 Å². The molecule has 0 radical (unpaired) electrons. The van der Waals surface area contributed by atoms with Crippen LogP contribution in [0.15, 0.2) is 17.2 Å². The van der Waals surface area contributed by atoms with Crippen LogP contribution in [-0.4, -0.2) is 48.0 Å². The predicted octanol–water partition coefficient (Wildman–Crippen LogP) is 2.30. The molecule has 6 nitrogen and oxygen atoms in total. The predicted molar refractivity (Wildman–Crippen MR) is 90.2 cm³/mol. The van der Waals surface area contributed by atoms with Gasteiger partial charge < -0.3 is 14.2 Å². The van der Waals surface area contributed by atoms with E-state index < -0.39 is 0 Å². The van der Waals surface area contributed by atoms with Gasteiger partial charge in [-0.15, -0.1) is 0 Å². The average molecular weight is 340 g/mol. The lowest BCUT2D eigenvalue weighted by molar-refractivity contribution is -0.124. The third-order valence-electron chi connectivity index (χ3n) is 3.06. The number of ether oxygens (including phenoxy) is 3. The molecule has 0 aliphatic carbocycles. The number of rotatable bonds is 5. The smallest absolute Gasteiger partial charge is 0.259 e. The first-order chi connectivity index (χ1) is 10.5. The van der Waals surface area contributed by atoms with Crippen LogP contribution in [0.4, 0.5) is 0 Å². The maximum Gasteiger partial charge on any atom is 0.259 e. The first-order valence-corrected chi connectivity index (χ1v) is 7.76. The molecule has 1 aromatic carbocycles. The molecular weight excluding hydrogens is 324 g/mol. The second-order valence-electron chi connectivity index (χ2n) is 4.36. The number of hydrogen-bond donors (Lipinski definition) is 0. The molecule has 1 heterocycles. The number of thiocarbonyl (C=S) groups is 1. The Labute approximate surface area is 138 Å². The van der Waals surface area contributed by atoms with Crippen molar-refractivity contribution in [2.24, 2.45) is 5.10 Å². The van der Waals surface area contributed by atoms with Crippen molar-refractivity contribution in [1.82, 2.24) is 5.01 Å². The third-order valence-corrected chi connectivity index (χ3v) is 4.40. The first-order valence-electron chi connectivity index (χ1n) is 6.37. The van der Waals surface area contributed by atoms with Crippen molar-refractivity contribution in [3.8, 4) is 17.2 Å². The Morgan fingerprint density at radius 2 is 1.82 bits per heavy atom. The monoisotopic (exact) mass is 340 g/mol. The molecule has 1 saturated heterocycles. The molecule has 1 aliphatic heterocycles. The second kappa shape index (κ2) is 6.97. The molecule has 1 aromatic rings. The van der Waals surface area contributed by atoms with Gasteiger partial charge in [0.25, 0.3) is 5.91 Å². The maximum absolute atomic E-state index is 11.7. The third kappa shape index (κ3) is 3.17. The fourth-order valence-corrected chi connectivity index (χ4v) is 2.90. The van der Waals surface area contributed by atoms with Crippen LogP contribution in [-0.2, 0) is 4.79 Å². The van der Waals surface area contributed by atoms with Crippen LogP contribution in [0.3, 0.4) is 0 Å². The fourth-order valence-electron chi connectivity index (χ4n) is 1.94. The Morgan fingerprint density at radius 3 is 2.23 bits per heavy atom. The molecule has 1 amide bonds. The van der Waals surface area contributed by atoms with Crippen molar-refractivity contribution in [1.29, 1.82) is 0 Å². The van der Waals surface area contributed by atoms with E-state index in [2.05, 4.69) is 5.10 Å². The minimum atomic E-state index is -0.123. The van der Waals surface area contributed by atoms with Gasteiger partial charge in [-0.25, -0.2) is 0 Å². The van der Waals surface area contributed by atoms with Gasteiger partial charge in [0, 0.05) is 5.56 Å². The SMILES string of the molecule is COc1cc(/C(C)=N\N2C(=O)CSC2=S)cc(OC)c1OC. The highest BCUT2D eigenvalue weighted by atomic mass is 32.2. The van der Waals surface area contributed by atoms with Crippen molar-refractivity contribution >= 4 is 39.9 Å². The van der Waals surface area contributed by atoms with E-state index in [-0.39, 0.29) is 5.91 Å². The van der Waals surface area contributed by atoms with Gasteiger partial charge in [0.15, 0.2) is 15.8 Å². The van der Waals surface area contributed by atoms with Crippen LogP contribution in [0.1, 0.15) is 12.5 Å². The molecule has 0 saturated carbocycles. The highest BCUT2D eigenvalue weighted by molar-refractivity contribution is 8.23. The van der Waals surface area contributed by atoms with E-state index in [1.54, 1.807) is 40.4 Å². The van der Waals surface area contributed by atoms with E-state index >= 15 is 0 Å². The zero-order chi connectivity index (χ0) is 16.3. The number of methoxy groups -OCH3 is 3. The number of benzene rings is 1. The summed E-state index contributed by atoms with van der Waals surface area (Å²) in [6.07, 6.45) is 0. The Balaban J connectivity index is 2.43. The van der Waals surface area contributed by atoms with Gasteiger partial charge in [0.2, 0.25) is 5.75 Å². The van der Waals surface area contributed by atoms with Crippen LogP contribution in [0, 0.1) is 0 Å². The number of carbonyl (C=O) groups excluding carboxylic acids is 1. The molecule has 0 aromatic heterocycles. The molecule has 0 spiro atoms. The number of hydrogen-bond acceptors (Lipinski definition) is 7. The lowest BCUT2D eigenvalue weighted by Crippen LogP contribution is -2.24. The molecule has 2 rings (SSSR count). The van der Waals surface area contributed by atoms with Crippen LogP contribution in [0.25, 0.3) is 0 Å². The first kappa shape index (κ1) is 16.6. The van der Waals surface area contributed by atoms with E-state index in [9.17, 15) is 4.79 Å². The Morgan fingerprint density at radius 1 is 1.23 bits per heavy atom. The molecule has 0 atom stereocenters. The Hall–Kier alpha value is -1.80. The summed E-state index contributed by atoms with van der Waals surface area (Å²) < 4.78 is 16.4. The summed E-state index contributed by atoms with van der Waals surface area (Å²) in [4.78, 5) is 11.7. The molecular formula is C14H16N2O4S2. The average Bonchev–Trinajstić information content (AvgIpc) is 2.85. The number of amides is 1. The molecule has 8 heteroatoms. The van der Waals surface area contributed by atoms with Crippen LogP contribution in [0.2, 0.25) is 0 Å². The van der Waals surface area contributed by atoms with Crippen LogP contribution < -0.4 is 14.2 Å². The van der Waals surface area contributed by atoms with Crippen molar-refractivity contribution in [3.63, 3.8) is 0 Å². The zero-order valence-corrected chi connectivity index (χ0v) is 14.3. The Kier molecular flexibility index (Phi) is 5.25. The van der Waals surface area contributed by atoms with Crippen LogP contribution >= 0.6 is 24.0 Å². The minimum absolute atomic E-state index is 0.123. The summed E-state index contributed by atoms with van der Waals surface area (Å²) in [5, 5.41) is 5.55. The van der Waals surface area contributed by atoms with Gasteiger partial charge in [0.1, 0.15) is 0 Å². The summed E-state index contributed by atoms with van der Waals surface area (Å²) in [6.45, 7) is 1.79. The maximum atomic E-state index is 11.7. The number of thioether (sulfide) groups is 1. The van der Waals surface area contributed by atoms with Crippen molar-refractivity contribution in [2.45, 2.75) is 6.92 Å². The summed E-state index contributed by atoms with van der Waals surface area (Å²) in [6, 6.07) is 3.55. The van der Waals surface area contributed by atoms with Crippen LogP contribution in [0.5, 0.6) is 17.2 Å². The summed E-state index contributed by atoms with van der Waals surface area (Å²) in [7, 11) is 4.63. The fraction of sp³-hybridized carbons (Fsp3) is 0.357. The zero-order valence-electron chi connectivity index (χ0n) is 12.7. The Bertz CT molecular complexity index is 605. The van der Waals surface area contributed by atoms with Gasteiger partial charge in [-0.3, -0.25) is 4.79 Å².